The maximum atomic E-state index is 13.4. The van der Waals surface area contributed by atoms with E-state index < -0.39 is 0 Å². The van der Waals surface area contributed by atoms with Crippen LogP contribution in [-0.2, 0) is 16.2 Å². The standard InChI is InChI=1S/C10H10BrFO2/c11-8-2-1-7(10(12)6-8)5-9-3-4-13-14-9/h1-2,6,9H,3-5H2. The van der Waals surface area contributed by atoms with Crippen molar-refractivity contribution in [1.29, 1.82) is 0 Å². The predicted molar refractivity (Wildman–Crippen MR) is 53.2 cm³/mol. The van der Waals surface area contributed by atoms with E-state index in [4.69, 9.17) is 9.78 Å². The molecule has 1 heterocycles. The van der Waals surface area contributed by atoms with Gasteiger partial charge in [-0.2, -0.15) is 0 Å². The van der Waals surface area contributed by atoms with Crippen molar-refractivity contribution in [2.45, 2.75) is 18.9 Å². The summed E-state index contributed by atoms with van der Waals surface area (Å²) >= 11 is 3.21. The van der Waals surface area contributed by atoms with Gasteiger partial charge in [0.15, 0.2) is 0 Å². The lowest BCUT2D eigenvalue weighted by Gasteiger charge is -2.07. The van der Waals surface area contributed by atoms with Crippen LogP contribution in [0.15, 0.2) is 22.7 Å². The Bertz CT molecular complexity index is 324. The summed E-state index contributed by atoms with van der Waals surface area (Å²) < 4.78 is 14.1. The van der Waals surface area contributed by atoms with Crippen LogP contribution in [0.2, 0.25) is 0 Å². The molecule has 0 spiro atoms. The molecule has 0 amide bonds. The fraction of sp³-hybridized carbons (Fsp3) is 0.400. The van der Waals surface area contributed by atoms with Gasteiger partial charge in [0.05, 0.1) is 12.7 Å². The highest BCUT2D eigenvalue weighted by Crippen LogP contribution is 2.20. The van der Waals surface area contributed by atoms with E-state index in [-0.39, 0.29) is 11.9 Å². The van der Waals surface area contributed by atoms with E-state index in [2.05, 4.69) is 15.9 Å². The predicted octanol–water partition coefficient (Wildman–Crippen LogP) is 2.85. The average Bonchev–Trinajstić information content (AvgIpc) is 2.62. The molecule has 76 valence electrons. The van der Waals surface area contributed by atoms with E-state index in [1.165, 1.54) is 6.07 Å². The zero-order valence-corrected chi connectivity index (χ0v) is 9.09. The van der Waals surface area contributed by atoms with Crippen molar-refractivity contribution in [3.05, 3.63) is 34.1 Å². The second kappa shape index (κ2) is 4.38. The van der Waals surface area contributed by atoms with Crippen LogP contribution in [0.4, 0.5) is 4.39 Å². The third-order valence-corrected chi connectivity index (χ3v) is 2.68. The first-order chi connectivity index (χ1) is 6.75. The summed E-state index contributed by atoms with van der Waals surface area (Å²) in [5, 5.41) is 0. The molecule has 1 aliphatic rings. The van der Waals surface area contributed by atoms with Crippen molar-refractivity contribution in [1.82, 2.24) is 0 Å². The zero-order valence-electron chi connectivity index (χ0n) is 7.50. The summed E-state index contributed by atoms with van der Waals surface area (Å²) in [7, 11) is 0. The summed E-state index contributed by atoms with van der Waals surface area (Å²) in [6.07, 6.45) is 1.39. The smallest absolute Gasteiger partial charge is 0.127 e. The fourth-order valence-electron chi connectivity index (χ4n) is 1.44. The molecule has 1 aromatic rings. The number of hydrogen-bond acceptors (Lipinski definition) is 2. The van der Waals surface area contributed by atoms with E-state index in [1.807, 2.05) is 6.07 Å². The second-order valence-electron chi connectivity index (χ2n) is 3.27. The third kappa shape index (κ3) is 2.32. The first kappa shape index (κ1) is 10.1. The van der Waals surface area contributed by atoms with Crippen molar-refractivity contribution in [3.8, 4) is 0 Å². The second-order valence-corrected chi connectivity index (χ2v) is 4.18. The molecular weight excluding hydrogens is 251 g/mol. The van der Waals surface area contributed by atoms with E-state index in [9.17, 15) is 4.39 Å². The molecule has 0 saturated carbocycles. The highest BCUT2D eigenvalue weighted by Gasteiger charge is 2.19. The first-order valence-electron chi connectivity index (χ1n) is 4.48. The van der Waals surface area contributed by atoms with Crippen LogP contribution in [-0.4, -0.2) is 12.7 Å². The van der Waals surface area contributed by atoms with Crippen LogP contribution >= 0.6 is 15.9 Å². The van der Waals surface area contributed by atoms with Crippen molar-refractivity contribution < 1.29 is 14.2 Å². The summed E-state index contributed by atoms with van der Waals surface area (Å²) in [6.45, 7) is 0.600. The molecular formula is C10H10BrFO2. The molecule has 0 bridgehead atoms. The average molecular weight is 261 g/mol. The number of hydrogen-bond donors (Lipinski definition) is 0. The van der Waals surface area contributed by atoms with E-state index in [1.54, 1.807) is 6.07 Å². The fourth-order valence-corrected chi connectivity index (χ4v) is 1.77. The van der Waals surface area contributed by atoms with Gasteiger partial charge in [0.1, 0.15) is 5.82 Å². The Kier molecular flexibility index (Phi) is 3.15. The molecule has 1 atom stereocenters. The van der Waals surface area contributed by atoms with Gasteiger partial charge in [-0.3, -0.25) is 0 Å². The summed E-state index contributed by atoms with van der Waals surface area (Å²) in [5.41, 5.74) is 0.670. The molecule has 4 heteroatoms. The van der Waals surface area contributed by atoms with Crippen molar-refractivity contribution in [2.24, 2.45) is 0 Å². The first-order valence-corrected chi connectivity index (χ1v) is 5.27. The number of rotatable bonds is 2. The van der Waals surface area contributed by atoms with Crippen molar-refractivity contribution >= 4 is 15.9 Å². The maximum Gasteiger partial charge on any atom is 0.127 e. The summed E-state index contributed by atoms with van der Waals surface area (Å²) in [6, 6.07) is 5.06. The number of benzene rings is 1. The molecule has 2 nitrogen and oxygen atoms in total. The Hall–Kier alpha value is -0.450. The molecule has 0 aliphatic carbocycles. The third-order valence-electron chi connectivity index (χ3n) is 2.19. The molecule has 0 aromatic heterocycles. The molecule has 1 unspecified atom stereocenters. The lowest BCUT2D eigenvalue weighted by atomic mass is 10.1. The Labute approximate surface area is 90.1 Å². The van der Waals surface area contributed by atoms with E-state index in [0.717, 1.165) is 10.9 Å². The molecule has 1 aromatic carbocycles. The summed E-state index contributed by atoms with van der Waals surface area (Å²) in [5.74, 6) is -0.199. The Morgan fingerprint density at radius 2 is 2.36 bits per heavy atom. The molecule has 0 radical (unpaired) electrons. The van der Waals surface area contributed by atoms with Gasteiger partial charge in [-0.1, -0.05) is 22.0 Å². The largest absolute Gasteiger partial charge is 0.236 e. The Balaban J connectivity index is 2.08. The van der Waals surface area contributed by atoms with Crippen molar-refractivity contribution in [3.63, 3.8) is 0 Å². The van der Waals surface area contributed by atoms with E-state index >= 15 is 0 Å². The van der Waals surface area contributed by atoms with Crippen LogP contribution in [0, 0.1) is 5.82 Å². The maximum absolute atomic E-state index is 13.4. The van der Waals surface area contributed by atoms with Gasteiger partial charge in [-0.25, -0.2) is 14.2 Å². The van der Waals surface area contributed by atoms with Crippen LogP contribution in [0.1, 0.15) is 12.0 Å². The normalized spacial score (nSPS) is 21.4. The van der Waals surface area contributed by atoms with Gasteiger partial charge in [-0.05, 0) is 17.7 Å². The highest BCUT2D eigenvalue weighted by molar-refractivity contribution is 9.10. The van der Waals surface area contributed by atoms with Crippen LogP contribution in [0.25, 0.3) is 0 Å². The van der Waals surface area contributed by atoms with Crippen LogP contribution in [0.5, 0.6) is 0 Å². The molecule has 14 heavy (non-hydrogen) atoms. The minimum absolute atomic E-state index is 0.00863. The Morgan fingerprint density at radius 1 is 1.50 bits per heavy atom. The quantitative estimate of drug-likeness (QED) is 0.762. The zero-order chi connectivity index (χ0) is 9.97. The van der Waals surface area contributed by atoms with Gasteiger partial charge >= 0.3 is 0 Å². The monoisotopic (exact) mass is 260 g/mol. The molecule has 1 saturated heterocycles. The van der Waals surface area contributed by atoms with Gasteiger partial charge in [0, 0.05) is 17.3 Å². The SMILES string of the molecule is Fc1cc(Br)ccc1CC1CCOO1. The molecule has 1 fully saturated rings. The minimum Gasteiger partial charge on any atom is -0.236 e. The Morgan fingerprint density at radius 3 is 3.00 bits per heavy atom. The van der Waals surface area contributed by atoms with Crippen molar-refractivity contribution in [2.75, 3.05) is 6.61 Å². The topological polar surface area (TPSA) is 18.5 Å². The molecule has 1 aliphatic heterocycles. The lowest BCUT2D eigenvalue weighted by molar-refractivity contribution is -0.273. The van der Waals surface area contributed by atoms with E-state index in [0.29, 0.717) is 18.6 Å². The van der Waals surface area contributed by atoms with Crippen LogP contribution < -0.4 is 0 Å². The molecule has 2 rings (SSSR count). The molecule has 0 N–H and O–H groups in total. The van der Waals surface area contributed by atoms with Gasteiger partial charge in [-0.15, -0.1) is 0 Å². The minimum atomic E-state index is -0.199. The lowest BCUT2D eigenvalue weighted by Crippen LogP contribution is -2.09. The number of halogens is 2. The van der Waals surface area contributed by atoms with Crippen LogP contribution in [0.3, 0.4) is 0 Å². The van der Waals surface area contributed by atoms with Gasteiger partial charge < -0.3 is 0 Å². The highest BCUT2D eigenvalue weighted by atomic mass is 79.9. The van der Waals surface area contributed by atoms with Gasteiger partial charge in [0.25, 0.3) is 0 Å². The van der Waals surface area contributed by atoms with Gasteiger partial charge in [0.2, 0.25) is 0 Å². The summed E-state index contributed by atoms with van der Waals surface area (Å²) in [4.78, 5) is 9.72.